The Bertz CT molecular complexity index is 467. The Balaban J connectivity index is 2.22. The van der Waals surface area contributed by atoms with E-state index in [1.54, 1.807) is 7.11 Å². The van der Waals surface area contributed by atoms with Crippen molar-refractivity contribution in [3.63, 3.8) is 0 Å². The summed E-state index contributed by atoms with van der Waals surface area (Å²) in [4.78, 5) is 0. The summed E-state index contributed by atoms with van der Waals surface area (Å²) in [5, 5.41) is 10.8. The van der Waals surface area contributed by atoms with Crippen LogP contribution in [0, 0.1) is 25.2 Å². The molecule has 2 nitrogen and oxygen atoms in total. The van der Waals surface area contributed by atoms with E-state index in [0.29, 0.717) is 11.3 Å². The van der Waals surface area contributed by atoms with Crippen LogP contribution in [0.15, 0.2) is 12.1 Å². The highest BCUT2D eigenvalue weighted by atomic mass is 16.5. The van der Waals surface area contributed by atoms with Gasteiger partial charge in [0.15, 0.2) is 0 Å². The van der Waals surface area contributed by atoms with Crippen molar-refractivity contribution in [2.45, 2.75) is 59.5 Å². The summed E-state index contributed by atoms with van der Waals surface area (Å²) in [7, 11) is 1.70. The number of aliphatic hydroxyl groups is 1. The van der Waals surface area contributed by atoms with Crippen molar-refractivity contribution in [3.05, 3.63) is 28.8 Å². The smallest absolute Gasteiger partial charge is 0.127 e. The average Bonchev–Trinajstić information content (AvgIpc) is 2.41. The first-order chi connectivity index (χ1) is 9.35. The third-order valence-electron chi connectivity index (χ3n) is 5.06. The van der Waals surface area contributed by atoms with Crippen molar-refractivity contribution in [2.24, 2.45) is 11.3 Å². The van der Waals surface area contributed by atoms with Crippen LogP contribution in [0.25, 0.3) is 0 Å². The van der Waals surface area contributed by atoms with Crippen LogP contribution < -0.4 is 4.74 Å². The van der Waals surface area contributed by atoms with Gasteiger partial charge in [-0.1, -0.05) is 26.0 Å². The second-order valence-corrected chi connectivity index (χ2v) is 7.08. The second kappa shape index (κ2) is 5.77. The highest BCUT2D eigenvalue weighted by molar-refractivity contribution is 5.46. The van der Waals surface area contributed by atoms with Gasteiger partial charge in [-0.3, -0.25) is 0 Å². The molecule has 0 spiro atoms. The number of rotatable bonds is 3. The predicted octanol–water partition coefficient (Wildman–Crippen LogP) is 4.56. The zero-order chi connectivity index (χ0) is 14.9. The van der Waals surface area contributed by atoms with Crippen LogP contribution in [0.4, 0.5) is 0 Å². The first-order valence-corrected chi connectivity index (χ1v) is 7.68. The fraction of sp³-hybridized carbons (Fsp3) is 0.667. The van der Waals surface area contributed by atoms with Gasteiger partial charge in [0.1, 0.15) is 5.75 Å². The summed E-state index contributed by atoms with van der Waals surface area (Å²) in [6.45, 7) is 8.80. The molecule has 0 aromatic heterocycles. The quantitative estimate of drug-likeness (QED) is 0.876. The maximum absolute atomic E-state index is 10.8. The summed E-state index contributed by atoms with van der Waals surface area (Å²) in [6, 6.07) is 4.12. The first kappa shape index (κ1) is 15.4. The van der Waals surface area contributed by atoms with Gasteiger partial charge >= 0.3 is 0 Å². The number of hydrogen-bond acceptors (Lipinski definition) is 2. The molecule has 1 aromatic rings. The largest absolute Gasteiger partial charge is 0.496 e. The first-order valence-electron chi connectivity index (χ1n) is 7.68. The summed E-state index contributed by atoms with van der Waals surface area (Å²) < 4.78 is 5.55. The van der Waals surface area contributed by atoms with Crippen molar-refractivity contribution in [2.75, 3.05) is 7.11 Å². The molecule has 0 heterocycles. The maximum atomic E-state index is 10.8. The number of aliphatic hydroxyl groups excluding tert-OH is 1. The summed E-state index contributed by atoms with van der Waals surface area (Å²) in [5.74, 6) is 1.22. The van der Waals surface area contributed by atoms with Gasteiger partial charge in [-0.2, -0.15) is 0 Å². The van der Waals surface area contributed by atoms with E-state index in [0.717, 1.165) is 29.7 Å². The van der Waals surface area contributed by atoms with E-state index in [4.69, 9.17) is 4.74 Å². The minimum atomic E-state index is -0.402. The third-order valence-corrected chi connectivity index (χ3v) is 5.06. The molecule has 1 aliphatic rings. The fourth-order valence-corrected chi connectivity index (χ4v) is 3.31. The molecule has 1 unspecified atom stereocenters. The van der Waals surface area contributed by atoms with Crippen molar-refractivity contribution < 1.29 is 9.84 Å². The van der Waals surface area contributed by atoms with E-state index in [9.17, 15) is 5.11 Å². The van der Waals surface area contributed by atoms with E-state index < -0.39 is 6.10 Å². The molecule has 0 amide bonds. The van der Waals surface area contributed by atoms with Gasteiger partial charge < -0.3 is 9.84 Å². The molecule has 0 bridgehead atoms. The Kier molecular flexibility index (Phi) is 4.43. The number of ether oxygens (including phenoxy) is 1. The Morgan fingerprint density at radius 1 is 1.20 bits per heavy atom. The lowest BCUT2D eigenvalue weighted by Gasteiger charge is -2.36. The molecule has 112 valence electrons. The van der Waals surface area contributed by atoms with E-state index >= 15 is 0 Å². The average molecular weight is 276 g/mol. The van der Waals surface area contributed by atoms with Crippen LogP contribution in [0.1, 0.15) is 62.3 Å². The topological polar surface area (TPSA) is 29.5 Å². The molecule has 1 aromatic carbocycles. The predicted molar refractivity (Wildman–Crippen MR) is 83.2 cm³/mol. The van der Waals surface area contributed by atoms with Gasteiger partial charge in [0, 0.05) is 5.56 Å². The van der Waals surface area contributed by atoms with Crippen LogP contribution in [0.5, 0.6) is 5.75 Å². The Labute approximate surface area is 123 Å². The van der Waals surface area contributed by atoms with Crippen molar-refractivity contribution in [1.29, 1.82) is 0 Å². The van der Waals surface area contributed by atoms with Crippen LogP contribution in [0.3, 0.4) is 0 Å². The monoisotopic (exact) mass is 276 g/mol. The van der Waals surface area contributed by atoms with Crippen LogP contribution in [-0.2, 0) is 0 Å². The van der Waals surface area contributed by atoms with Crippen LogP contribution in [0.2, 0.25) is 0 Å². The number of benzene rings is 1. The summed E-state index contributed by atoms with van der Waals surface area (Å²) in [5.41, 5.74) is 3.74. The minimum Gasteiger partial charge on any atom is -0.496 e. The van der Waals surface area contributed by atoms with Crippen LogP contribution >= 0.6 is 0 Å². The molecule has 0 radical (unpaired) electrons. The lowest BCUT2D eigenvalue weighted by atomic mass is 9.70. The lowest BCUT2D eigenvalue weighted by Crippen LogP contribution is -2.25. The van der Waals surface area contributed by atoms with Crippen LogP contribution in [-0.4, -0.2) is 12.2 Å². The number of hydrogen-bond donors (Lipinski definition) is 1. The molecule has 1 saturated carbocycles. The zero-order valence-electron chi connectivity index (χ0n) is 13.5. The minimum absolute atomic E-state index is 0.360. The molecular weight excluding hydrogens is 248 g/mol. The lowest BCUT2D eigenvalue weighted by molar-refractivity contribution is 0.0550. The van der Waals surface area contributed by atoms with Gasteiger partial charge in [-0.25, -0.2) is 0 Å². The molecule has 2 heteroatoms. The normalized spacial score (nSPS) is 20.7. The van der Waals surface area contributed by atoms with Gasteiger partial charge in [0.05, 0.1) is 13.2 Å². The van der Waals surface area contributed by atoms with E-state index in [2.05, 4.69) is 33.8 Å². The Hall–Kier alpha value is -1.02. The van der Waals surface area contributed by atoms with Crippen molar-refractivity contribution in [1.82, 2.24) is 0 Å². The molecule has 1 fully saturated rings. The SMILES string of the molecule is COc1c(C(O)C2CCC(C)(C)CC2)ccc(C)c1C. The molecular formula is C18H28O2. The summed E-state index contributed by atoms with van der Waals surface area (Å²) in [6.07, 6.45) is 4.19. The standard InChI is InChI=1S/C18H28O2/c1-12-6-7-15(17(20-5)13(12)2)16(19)14-8-10-18(3,4)11-9-14/h6-7,14,16,19H,8-11H2,1-5H3. The van der Waals surface area contributed by atoms with Gasteiger partial charge in [0.25, 0.3) is 0 Å². The van der Waals surface area contributed by atoms with Gasteiger partial charge in [0.2, 0.25) is 0 Å². The van der Waals surface area contributed by atoms with Crippen molar-refractivity contribution >= 4 is 0 Å². The molecule has 0 aliphatic heterocycles. The van der Waals surface area contributed by atoms with E-state index in [-0.39, 0.29) is 0 Å². The van der Waals surface area contributed by atoms with Gasteiger partial charge in [-0.05, 0) is 62.0 Å². The molecule has 0 saturated heterocycles. The second-order valence-electron chi connectivity index (χ2n) is 7.08. The van der Waals surface area contributed by atoms with Crippen molar-refractivity contribution in [3.8, 4) is 5.75 Å². The number of aryl methyl sites for hydroxylation is 1. The highest BCUT2D eigenvalue weighted by Gasteiger charge is 2.32. The molecule has 1 N–H and O–H groups in total. The Morgan fingerprint density at radius 3 is 2.35 bits per heavy atom. The molecule has 2 rings (SSSR count). The molecule has 1 aliphatic carbocycles. The Morgan fingerprint density at radius 2 is 1.80 bits per heavy atom. The molecule has 1 atom stereocenters. The van der Waals surface area contributed by atoms with E-state index in [1.807, 2.05) is 6.07 Å². The highest BCUT2D eigenvalue weighted by Crippen LogP contribution is 2.44. The zero-order valence-corrected chi connectivity index (χ0v) is 13.5. The molecule has 20 heavy (non-hydrogen) atoms. The van der Waals surface area contributed by atoms with Gasteiger partial charge in [-0.15, -0.1) is 0 Å². The fourth-order valence-electron chi connectivity index (χ4n) is 3.31. The maximum Gasteiger partial charge on any atom is 0.127 e. The third kappa shape index (κ3) is 3.01. The van der Waals surface area contributed by atoms with E-state index in [1.165, 1.54) is 18.4 Å². The summed E-state index contributed by atoms with van der Waals surface area (Å²) >= 11 is 0. The number of methoxy groups -OCH3 is 1.